The van der Waals surface area contributed by atoms with Crippen LogP contribution in [-0.2, 0) is 29.0 Å². The minimum atomic E-state index is -0.515. The van der Waals surface area contributed by atoms with Crippen LogP contribution in [0.5, 0.6) is 0 Å². The molecule has 0 aliphatic heterocycles. The van der Waals surface area contributed by atoms with E-state index >= 15 is 0 Å². The van der Waals surface area contributed by atoms with Gasteiger partial charge in [0.2, 0.25) is 11.8 Å². The molecule has 1 aromatic heterocycles. The summed E-state index contributed by atoms with van der Waals surface area (Å²) in [6.07, 6.45) is 3.14. The molecule has 0 radical (unpaired) electrons. The van der Waals surface area contributed by atoms with Crippen LogP contribution in [0.4, 0.5) is 0 Å². The number of carbonyl (C=O) groups is 2. The van der Waals surface area contributed by atoms with Crippen LogP contribution in [0.3, 0.4) is 0 Å². The minimum Gasteiger partial charge on any atom is -0.350 e. The number of amides is 2. The molecule has 0 aliphatic rings. The molecule has 0 aliphatic carbocycles. The number of aromatic nitrogens is 3. The Morgan fingerprint density at radius 1 is 0.912 bits per heavy atom. The van der Waals surface area contributed by atoms with Crippen LogP contribution >= 0.6 is 0 Å². The van der Waals surface area contributed by atoms with E-state index in [1.807, 2.05) is 66.7 Å². The van der Waals surface area contributed by atoms with Crippen molar-refractivity contribution in [3.8, 4) is 0 Å². The van der Waals surface area contributed by atoms with Gasteiger partial charge in [0.15, 0.2) is 0 Å². The SMILES string of the molecule is O=C(CC(Cc1ccc2ccccc2c1)n1nncc1CNC(=O)CCc1ccccc1)NO. The van der Waals surface area contributed by atoms with Gasteiger partial charge < -0.3 is 5.32 Å². The van der Waals surface area contributed by atoms with Gasteiger partial charge in [-0.15, -0.1) is 5.10 Å². The van der Waals surface area contributed by atoms with Gasteiger partial charge in [0, 0.05) is 6.42 Å². The largest absolute Gasteiger partial charge is 0.350 e. The van der Waals surface area contributed by atoms with E-state index in [9.17, 15) is 9.59 Å². The quantitative estimate of drug-likeness (QED) is 0.250. The molecule has 4 rings (SSSR count). The lowest BCUT2D eigenvalue weighted by Gasteiger charge is -2.19. The third kappa shape index (κ3) is 6.05. The van der Waals surface area contributed by atoms with E-state index in [-0.39, 0.29) is 24.9 Å². The van der Waals surface area contributed by atoms with Crippen LogP contribution in [-0.4, -0.2) is 32.0 Å². The number of fused-ring (bicyclic) bond motifs is 1. The van der Waals surface area contributed by atoms with Crippen molar-refractivity contribution in [3.63, 3.8) is 0 Å². The minimum absolute atomic E-state index is 0.0155. The Hall–Kier alpha value is -4.04. The van der Waals surface area contributed by atoms with E-state index in [1.165, 1.54) is 0 Å². The zero-order valence-electron chi connectivity index (χ0n) is 18.7. The maximum Gasteiger partial charge on any atom is 0.245 e. The van der Waals surface area contributed by atoms with Gasteiger partial charge in [-0.05, 0) is 34.7 Å². The predicted octanol–water partition coefficient (Wildman–Crippen LogP) is 3.36. The molecule has 8 heteroatoms. The first-order chi connectivity index (χ1) is 16.6. The summed E-state index contributed by atoms with van der Waals surface area (Å²) >= 11 is 0. The second kappa shape index (κ2) is 11.2. The van der Waals surface area contributed by atoms with Crippen molar-refractivity contribution in [1.29, 1.82) is 0 Å². The molecule has 0 saturated heterocycles. The highest BCUT2D eigenvalue weighted by Crippen LogP contribution is 2.23. The first kappa shape index (κ1) is 23.1. The van der Waals surface area contributed by atoms with E-state index in [4.69, 9.17) is 5.21 Å². The average Bonchev–Trinajstić information content (AvgIpc) is 3.35. The molecule has 1 heterocycles. The average molecular weight is 458 g/mol. The van der Waals surface area contributed by atoms with Crippen molar-refractivity contribution in [2.75, 3.05) is 0 Å². The number of hydrogen-bond acceptors (Lipinski definition) is 5. The highest BCUT2D eigenvalue weighted by Gasteiger charge is 2.21. The van der Waals surface area contributed by atoms with Crippen LogP contribution in [0, 0.1) is 0 Å². The Labute approximate surface area is 197 Å². The molecule has 0 saturated carbocycles. The summed E-state index contributed by atoms with van der Waals surface area (Å²) in [6, 6.07) is 23.7. The monoisotopic (exact) mass is 457 g/mol. The zero-order chi connectivity index (χ0) is 23.8. The topological polar surface area (TPSA) is 109 Å². The summed E-state index contributed by atoms with van der Waals surface area (Å²) < 4.78 is 1.65. The predicted molar refractivity (Wildman–Crippen MR) is 128 cm³/mol. The van der Waals surface area contributed by atoms with Crippen molar-refractivity contribution in [2.24, 2.45) is 0 Å². The fraction of sp³-hybridized carbons (Fsp3) is 0.231. The molecule has 1 atom stereocenters. The molecule has 0 bridgehead atoms. The van der Waals surface area contributed by atoms with Crippen molar-refractivity contribution < 1.29 is 14.8 Å². The fourth-order valence-corrected chi connectivity index (χ4v) is 4.02. The van der Waals surface area contributed by atoms with E-state index in [1.54, 1.807) is 16.4 Å². The summed E-state index contributed by atoms with van der Waals surface area (Å²) in [6.45, 7) is 0.246. The number of hydrogen-bond donors (Lipinski definition) is 3. The number of rotatable bonds is 10. The number of nitrogens with one attached hydrogen (secondary N) is 2. The van der Waals surface area contributed by atoms with Gasteiger partial charge in [-0.1, -0.05) is 78.0 Å². The summed E-state index contributed by atoms with van der Waals surface area (Å²) in [5.41, 5.74) is 4.53. The van der Waals surface area contributed by atoms with Crippen molar-refractivity contribution >= 4 is 22.6 Å². The Bertz CT molecular complexity index is 1260. The van der Waals surface area contributed by atoms with Crippen LogP contribution in [0.25, 0.3) is 10.8 Å². The van der Waals surface area contributed by atoms with Crippen molar-refractivity contribution in [1.82, 2.24) is 25.8 Å². The van der Waals surface area contributed by atoms with Gasteiger partial charge in [-0.3, -0.25) is 14.8 Å². The molecule has 174 valence electrons. The second-order valence-corrected chi connectivity index (χ2v) is 8.21. The molecule has 0 fully saturated rings. The van der Waals surface area contributed by atoms with E-state index < -0.39 is 5.91 Å². The van der Waals surface area contributed by atoms with Gasteiger partial charge in [0.25, 0.3) is 0 Å². The normalized spacial score (nSPS) is 11.8. The van der Waals surface area contributed by atoms with Crippen LogP contribution in [0.15, 0.2) is 79.0 Å². The molecular weight excluding hydrogens is 430 g/mol. The summed E-state index contributed by atoms with van der Waals surface area (Å²) in [7, 11) is 0. The second-order valence-electron chi connectivity index (χ2n) is 8.21. The lowest BCUT2D eigenvalue weighted by Crippen LogP contribution is -2.29. The van der Waals surface area contributed by atoms with Gasteiger partial charge in [-0.25, -0.2) is 10.2 Å². The fourth-order valence-electron chi connectivity index (χ4n) is 4.02. The van der Waals surface area contributed by atoms with Gasteiger partial charge in [0.1, 0.15) is 0 Å². The Morgan fingerprint density at radius 2 is 1.68 bits per heavy atom. The molecule has 0 spiro atoms. The molecular formula is C26H27N5O3. The van der Waals surface area contributed by atoms with Gasteiger partial charge in [-0.2, -0.15) is 0 Å². The van der Waals surface area contributed by atoms with Crippen LogP contribution in [0.1, 0.15) is 35.7 Å². The Balaban J connectivity index is 1.45. The first-order valence-corrected chi connectivity index (χ1v) is 11.2. The molecule has 2 amide bonds. The molecule has 4 aromatic rings. The number of aryl methyl sites for hydroxylation is 1. The lowest BCUT2D eigenvalue weighted by atomic mass is 9.99. The maximum absolute atomic E-state index is 12.4. The summed E-state index contributed by atoms with van der Waals surface area (Å²) in [4.78, 5) is 24.4. The van der Waals surface area contributed by atoms with Crippen LogP contribution in [0.2, 0.25) is 0 Å². The Kier molecular flexibility index (Phi) is 7.62. The summed E-state index contributed by atoms with van der Waals surface area (Å²) in [5, 5.41) is 22.4. The molecule has 8 nitrogen and oxygen atoms in total. The highest BCUT2D eigenvalue weighted by atomic mass is 16.5. The zero-order valence-corrected chi connectivity index (χ0v) is 18.7. The number of carbonyl (C=O) groups excluding carboxylic acids is 2. The third-order valence-electron chi connectivity index (χ3n) is 5.78. The summed E-state index contributed by atoms with van der Waals surface area (Å²) in [5.74, 6) is -0.588. The van der Waals surface area contributed by atoms with Gasteiger partial charge >= 0.3 is 0 Å². The van der Waals surface area contributed by atoms with Crippen LogP contribution < -0.4 is 10.8 Å². The highest BCUT2D eigenvalue weighted by molar-refractivity contribution is 5.83. The van der Waals surface area contributed by atoms with Crippen molar-refractivity contribution in [2.45, 2.75) is 38.3 Å². The molecule has 3 aromatic carbocycles. The number of nitrogens with zero attached hydrogens (tertiary/aromatic N) is 3. The standard InChI is InChI=1S/C26H27N5O3/c32-25(13-11-19-6-2-1-3-7-19)27-17-24-18-28-30-31(24)23(16-26(33)29-34)15-20-10-12-21-8-4-5-9-22(21)14-20/h1-10,12,14,18,23,34H,11,13,15-17H2,(H,27,32)(H,29,33). The number of benzene rings is 3. The maximum atomic E-state index is 12.4. The molecule has 34 heavy (non-hydrogen) atoms. The smallest absolute Gasteiger partial charge is 0.245 e. The molecule has 3 N–H and O–H groups in total. The van der Waals surface area contributed by atoms with Gasteiger partial charge in [0.05, 0.1) is 30.9 Å². The first-order valence-electron chi connectivity index (χ1n) is 11.2. The van der Waals surface area contributed by atoms with E-state index in [0.29, 0.717) is 25.0 Å². The Morgan fingerprint density at radius 3 is 2.47 bits per heavy atom. The third-order valence-corrected chi connectivity index (χ3v) is 5.78. The lowest BCUT2D eigenvalue weighted by molar-refractivity contribution is -0.130. The number of hydroxylamine groups is 1. The van der Waals surface area contributed by atoms with E-state index in [0.717, 1.165) is 21.9 Å². The molecule has 1 unspecified atom stereocenters. The van der Waals surface area contributed by atoms with E-state index in [2.05, 4.69) is 21.7 Å². The van der Waals surface area contributed by atoms with Crippen molar-refractivity contribution in [3.05, 3.63) is 95.8 Å².